The van der Waals surface area contributed by atoms with Crippen LogP contribution in [-0.2, 0) is 14.4 Å². The van der Waals surface area contributed by atoms with Gasteiger partial charge in [-0.25, -0.2) is 4.79 Å². The first-order valence-corrected chi connectivity index (χ1v) is 13.3. The lowest BCUT2D eigenvalue weighted by atomic mass is 9.59. The molecule has 0 fully saturated rings. The quantitative estimate of drug-likeness (QED) is 0.160. The summed E-state index contributed by atoms with van der Waals surface area (Å²) in [6, 6.07) is 0. The minimum atomic E-state index is -2.91. The molecule has 0 radical (unpaired) electrons. The predicted octanol–water partition coefficient (Wildman–Crippen LogP) is 6.22. The van der Waals surface area contributed by atoms with E-state index in [1.54, 1.807) is 0 Å². The minimum absolute atomic E-state index is 0.0700. The molecule has 0 saturated carbocycles. The van der Waals surface area contributed by atoms with Crippen LogP contribution in [0.2, 0.25) is 0 Å². The number of aliphatic carboxylic acids is 3. The number of aliphatic hydroxyl groups is 1. The topological polar surface area (TPSA) is 132 Å². The van der Waals surface area contributed by atoms with E-state index in [-0.39, 0.29) is 37.0 Å². The van der Waals surface area contributed by atoms with E-state index in [1.807, 2.05) is 41.5 Å². The van der Waals surface area contributed by atoms with Gasteiger partial charge in [0.2, 0.25) is 0 Å². The molecule has 200 valence electrons. The monoisotopic (exact) mass is 486 g/mol. The molecule has 4 N–H and O–H groups in total. The van der Waals surface area contributed by atoms with Crippen molar-refractivity contribution in [1.82, 2.24) is 0 Å². The van der Waals surface area contributed by atoms with Crippen molar-refractivity contribution in [2.24, 2.45) is 29.1 Å². The highest BCUT2D eigenvalue weighted by atomic mass is 16.4. The van der Waals surface area contributed by atoms with Crippen LogP contribution in [0.3, 0.4) is 0 Å². The van der Waals surface area contributed by atoms with Crippen LogP contribution in [-0.4, -0.2) is 43.9 Å². The van der Waals surface area contributed by atoms with E-state index < -0.39 is 34.8 Å². The van der Waals surface area contributed by atoms with Gasteiger partial charge in [-0.3, -0.25) is 9.59 Å². The third kappa shape index (κ3) is 8.54. The maximum absolute atomic E-state index is 12.9. The predicted molar refractivity (Wildman–Crippen MR) is 134 cm³/mol. The summed E-state index contributed by atoms with van der Waals surface area (Å²) in [5.41, 5.74) is -4.99. The third-order valence-electron chi connectivity index (χ3n) is 7.69. The first-order chi connectivity index (χ1) is 15.8. The molecule has 0 spiro atoms. The van der Waals surface area contributed by atoms with E-state index in [1.165, 1.54) is 0 Å². The molecule has 0 saturated heterocycles. The zero-order valence-electron chi connectivity index (χ0n) is 22.3. The Morgan fingerprint density at radius 3 is 1.29 bits per heavy atom. The minimum Gasteiger partial charge on any atom is -0.481 e. The first-order valence-electron chi connectivity index (χ1n) is 13.3. The standard InChI is InChI=1S/C27H50O7/c1-7-10-19(4)13-14-22(23(28)29)27(34,25(32)33)26(24(30)31,17-15-20(5)11-8-2)18-16-21(6)12-9-3/h19-22,34H,7-18H2,1-6H3,(H,28,29)(H,30,31)(H,32,33). The Balaban J connectivity index is 6.53. The maximum Gasteiger partial charge on any atom is 0.337 e. The first kappa shape index (κ1) is 32.4. The summed E-state index contributed by atoms with van der Waals surface area (Å²) in [7, 11) is 0. The second kappa shape index (κ2) is 15.4. The molecule has 34 heavy (non-hydrogen) atoms. The Morgan fingerprint density at radius 2 is 1.00 bits per heavy atom. The van der Waals surface area contributed by atoms with Crippen molar-refractivity contribution in [2.75, 3.05) is 0 Å². The van der Waals surface area contributed by atoms with Crippen LogP contribution in [0.15, 0.2) is 0 Å². The van der Waals surface area contributed by atoms with Crippen molar-refractivity contribution in [3.63, 3.8) is 0 Å². The second-order valence-corrected chi connectivity index (χ2v) is 10.7. The van der Waals surface area contributed by atoms with Crippen LogP contribution in [0.5, 0.6) is 0 Å². The number of hydrogen-bond donors (Lipinski definition) is 4. The smallest absolute Gasteiger partial charge is 0.337 e. The van der Waals surface area contributed by atoms with Crippen LogP contribution >= 0.6 is 0 Å². The highest BCUT2D eigenvalue weighted by Crippen LogP contribution is 2.49. The fourth-order valence-electron chi connectivity index (χ4n) is 5.43. The lowest BCUT2D eigenvalue weighted by Gasteiger charge is -2.45. The molecular formula is C27H50O7. The van der Waals surface area contributed by atoms with Gasteiger partial charge in [0.25, 0.3) is 0 Å². The molecule has 0 bridgehead atoms. The summed E-state index contributed by atoms with van der Waals surface area (Å²) in [6.45, 7) is 12.0. The molecule has 0 aromatic carbocycles. The van der Waals surface area contributed by atoms with Crippen molar-refractivity contribution in [3.8, 4) is 0 Å². The maximum atomic E-state index is 12.9. The fourth-order valence-corrected chi connectivity index (χ4v) is 5.43. The van der Waals surface area contributed by atoms with Crippen LogP contribution in [0.4, 0.5) is 0 Å². The fraction of sp³-hybridized carbons (Fsp3) is 0.889. The average Bonchev–Trinajstić information content (AvgIpc) is 2.73. The third-order valence-corrected chi connectivity index (χ3v) is 7.69. The molecule has 0 aromatic heterocycles. The van der Waals surface area contributed by atoms with Crippen LogP contribution in [0.1, 0.15) is 119 Å². The van der Waals surface area contributed by atoms with Crippen molar-refractivity contribution in [3.05, 3.63) is 0 Å². The van der Waals surface area contributed by atoms with Crippen molar-refractivity contribution < 1.29 is 34.8 Å². The van der Waals surface area contributed by atoms with Gasteiger partial charge in [-0.1, -0.05) is 80.1 Å². The van der Waals surface area contributed by atoms with Gasteiger partial charge in [0.05, 0.1) is 5.92 Å². The van der Waals surface area contributed by atoms with E-state index in [4.69, 9.17) is 0 Å². The molecule has 5 atom stereocenters. The van der Waals surface area contributed by atoms with Gasteiger partial charge in [0, 0.05) is 0 Å². The Bertz CT molecular complexity index is 616. The van der Waals surface area contributed by atoms with Gasteiger partial charge in [0.15, 0.2) is 5.60 Å². The van der Waals surface area contributed by atoms with Crippen molar-refractivity contribution in [2.45, 2.75) is 124 Å². The zero-order chi connectivity index (χ0) is 26.5. The molecule has 7 heteroatoms. The van der Waals surface area contributed by atoms with Gasteiger partial charge in [-0.05, 0) is 56.3 Å². The molecular weight excluding hydrogens is 436 g/mol. The number of carboxylic acids is 3. The molecule has 0 amide bonds. The van der Waals surface area contributed by atoms with Gasteiger partial charge < -0.3 is 20.4 Å². The lowest BCUT2D eigenvalue weighted by Crippen LogP contribution is -2.64. The largest absolute Gasteiger partial charge is 0.481 e. The van der Waals surface area contributed by atoms with E-state index in [0.29, 0.717) is 19.3 Å². The van der Waals surface area contributed by atoms with E-state index in [2.05, 4.69) is 0 Å². The Kier molecular flexibility index (Phi) is 14.6. The SMILES string of the molecule is CCCC(C)CCC(C(=O)O)C(O)(C(=O)O)C(CCC(C)CCC)(CCC(C)CCC)C(=O)O. The summed E-state index contributed by atoms with van der Waals surface area (Å²) in [4.78, 5) is 37.9. The summed E-state index contributed by atoms with van der Waals surface area (Å²) < 4.78 is 0. The Hall–Kier alpha value is -1.63. The molecule has 0 aliphatic carbocycles. The van der Waals surface area contributed by atoms with Gasteiger partial charge >= 0.3 is 17.9 Å². The summed E-state index contributed by atoms with van der Waals surface area (Å²) in [5, 5.41) is 42.6. The van der Waals surface area contributed by atoms with Crippen molar-refractivity contribution in [1.29, 1.82) is 0 Å². The molecule has 7 nitrogen and oxygen atoms in total. The van der Waals surface area contributed by atoms with Crippen LogP contribution in [0.25, 0.3) is 0 Å². The summed E-state index contributed by atoms with van der Waals surface area (Å²) >= 11 is 0. The van der Waals surface area contributed by atoms with E-state index in [9.17, 15) is 34.8 Å². The van der Waals surface area contributed by atoms with E-state index >= 15 is 0 Å². The van der Waals surface area contributed by atoms with Gasteiger partial charge in [0.1, 0.15) is 5.41 Å². The zero-order valence-corrected chi connectivity index (χ0v) is 22.3. The normalized spacial score (nSPS) is 18.8. The number of carbonyl (C=O) groups is 3. The number of hydrogen-bond acceptors (Lipinski definition) is 4. The molecule has 0 aliphatic rings. The number of carboxylic acid groups (broad SMARTS) is 3. The highest BCUT2D eigenvalue weighted by molar-refractivity contribution is 5.93. The van der Waals surface area contributed by atoms with Crippen LogP contribution in [0, 0.1) is 29.1 Å². The van der Waals surface area contributed by atoms with Gasteiger partial charge in [-0.15, -0.1) is 0 Å². The average molecular weight is 487 g/mol. The molecule has 0 heterocycles. The summed E-state index contributed by atoms with van der Waals surface area (Å²) in [6.07, 6.45) is 6.30. The molecule has 0 rings (SSSR count). The second-order valence-electron chi connectivity index (χ2n) is 10.7. The molecule has 0 aliphatic heterocycles. The van der Waals surface area contributed by atoms with Crippen LogP contribution < -0.4 is 0 Å². The number of rotatable bonds is 20. The summed E-state index contributed by atoms with van der Waals surface area (Å²) in [5.74, 6) is -5.90. The molecule has 5 unspecified atom stereocenters. The highest BCUT2D eigenvalue weighted by Gasteiger charge is 2.65. The Morgan fingerprint density at radius 1 is 0.618 bits per heavy atom. The molecule has 0 aromatic rings. The lowest BCUT2D eigenvalue weighted by molar-refractivity contribution is -0.208. The van der Waals surface area contributed by atoms with Gasteiger partial charge in [-0.2, -0.15) is 0 Å². The van der Waals surface area contributed by atoms with Crippen molar-refractivity contribution >= 4 is 17.9 Å². The van der Waals surface area contributed by atoms with E-state index in [0.717, 1.165) is 38.5 Å². The Labute approximate surface area is 206 Å².